The number of anilines is 3. The minimum atomic E-state index is -0.319. The van der Waals surface area contributed by atoms with Crippen LogP contribution in [0, 0.1) is 0 Å². The number of hydrogen-bond donors (Lipinski definition) is 3. The maximum absolute atomic E-state index is 11.9. The molecule has 7 heteroatoms. The highest BCUT2D eigenvalue weighted by Gasteiger charge is 2.09. The molecule has 0 unspecified atom stereocenters. The van der Waals surface area contributed by atoms with Crippen LogP contribution in [-0.4, -0.2) is 15.9 Å². The maximum Gasteiger partial charge on any atom is 0.277 e. The van der Waals surface area contributed by atoms with Crippen LogP contribution in [-0.2, 0) is 6.54 Å². The summed E-state index contributed by atoms with van der Waals surface area (Å²) in [6, 6.07) is 11.2. The van der Waals surface area contributed by atoms with Gasteiger partial charge in [-0.2, -0.15) is 0 Å². The lowest BCUT2D eigenvalue weighted by Crippen LogP contribution is -2.12. The number of nitrogens with one attached hydrogen (secondary N) is 2. The third kappa shape index (κ3) is 3.65. The Balaban J connectivity index is 1.65. The lowest BCUT2D eigenvalue weighted by atomic mass is 10.2. The van der Waals surface area contributed by atoms with E-state index in [1.165, 1.54) is 12.7 Å². The molecule has 4 N–H and O–H groups in total. The van der Waals surface area contributed by atoms with Crippen molar-refractivity contribution in [2.24, 2.45) is 0 Å². The Morgan fingerprint density at radius 2 is 2.13 bits per heavy atom. The molecule has 0 spiro atoms. The Bertz CT molecular complexity index is 802. The highest BCUT2D eigenvalue weighted by Crippen LogP contribution is 2.17. The van der Waals surface area contributed by atoms with E-state index in [-0.39, 0.29) is 11.6 Å². The average molecular weight is 309 g/mol. The maximum atomic E-state index is 11.9. The van der Waals surface area contributed by atoms with Crippen molar-refractivity contribution in [1.82, 2.24) is 9.97 Å². The summed E-state index contributed by atoms with van der Waals surface area (Å²) in [4.78, 5) is 19.8. The molecule has 2 aromatic heterocycles. The molecule has 0 saturated heterocycles. The molecule has 0 radical (unpaired) electrons. The molecule has 0 aliphatic rings. The number of amides is 1. The van der Waals surface area contributed by atoms with E-state index in [0.29, 0.717) is 18.1 Å². The number of rotatable bonds is 5. The van der Waals surface area contributed by atoms with Crippen molar-refractivity contribution < 1.29 is 9.21 Å². The topological polar surface area (TPSA) is 106 Å². The molecular formula is C16H15N5O2. The van der Waals surface area contributed by atoms with Crippen molar-refractivity contribution in [3.63, 3.8) is 0 Å². The van der Waals surface area contributed by atoms with Crippen LogP contribution >= 0.6 is 0 Å². The van der Waals surface area contributed by atoms with Crippen LogP contribution in [0.25, 0.3) is 0 Å². The Morgan fingerprint density at radius 3 is 2.91 bits per heavy atom. The normalized spacial score (nSPS) is 10.3. The Kier molecular flexibility index (Phi) is 4.19. The van der Waals surface area contributed by atoms with Crippen molar-refractivity contribution in [3.05, 3.63) is 66.5 Å². The average Bonchev–Trinajstić information content (AvgIpc) is 3.09. The molecule has 3 aromatic rings. The summed E-state index contributed by atoms with van der Waals surface area (Å²) < 4.78 is 4.80. The van der Waals surface area contributed by atoms with Crippen LogP contribution in [0.5, 0.6) is 0 Å². The van der Waals surface area contributed by atoms with Gasteiger partial charge in [-0.25, -0.2) is 9.97 Å². The van der Waals surface area contributed by atoms with Crippen molar-refractivity contribution in [1.29, 1.82) is 0 Å². The van der Waals surface area contributed by atoms with Gasteiger partial charge in [-0.15, -0.1) is 0 Å². The van der Waals surface area contributed by atoms with Gasteiger partial charge >= 0.3 is 0 Å². The fourth-order valence-corrected chi connectivity index (χ4v) is 2.04. The van der Waals surface area contributed by atoms with Gasteiger partial charge in [-0.3, -0.25) is 4.79 Å². The first-order chi connectivity index (χ1) is 11.2. The fraction of sp³-hybridized carbons (Fsp3) is 0.0625. The number of nitrogens with zero attached hydrogens (tertiary/aromatic N) is 2. The van der Waals surface area contributed by atoms with Crippen molar-refractivity contribution in [3.8, 4) is 0 Å². The van der Waals surface area contributed by atoms with E-state index in [1.54, 1.807) is 12.3 Å². The van der Waals surface area contributed by atoms with Crippen LogP contribution in [0.1, 0.15) is 16.1 Å². The smallest absolute Gasteiger partial charge is 0.277 e. The van der Waals surface area contributed by atoms with Gasteiger partial charge in [0.2, 0.25) is 0 Å². The highest BCUT2D eigenvalue weighted by atomic mass is 16.3. The summed E-state index contributed by atoms with van der Waals surface area (Å²) in [6.45, 7) is 0.559. The fourth-order valence-electron chi connectivity index (χ4n) is 2.04. The Labute approximate surface area is 132 Å². The van der Waals surface area contributed by atoms with Gasteiger partial charge in [0.1, 0.15) is 12.1 Å². The van der Waals surface area contributed by atoms with Crippen molar-refractivity contribution in [2.75, 3.05) is 16.4 Å². The summed E-state index contributed by atoms with van der Waals surface area (Å²) in [7, 11) is 0. The number of carbonyl (C=O) groups excluding carboxylic acids is 1. The second-order valence-corrected chi connectivity index (χ2v) is 4.82. The molecule has 2 heterocycles. The van der Waals surface area contributed by atoms with Crippen LogP contribution in [0.2, 0.25) is 0 Å². The molecule has 0 fully saturated rings. The minimum Gasteiger partial charge on any atom is -0.451 e. The molecule has 23 heavy (non-hydrogen) atoms. The summed E-state index contributed by atoms with van der Waals surface area (Å²) in [5, 5.41) is 5.98. The lowest BCUT2D eigenvalue weighted by molar-refractivity contribution is 0.102. The van der Waals surface area contributed by atoms with E-state index in [1.807, 2.05) is 30.3 Å². The summed E-state index contributed by atoms with van der Waals surface area (Å²) >= 11 is 0. The third-order valence-corrected chi connectivity index (χ3v) is 3.17. The van der Waals surface area contributed by atoms with Gasteiger partial charge in [0.25, 0.3) is 5.91 Å². The summed E-state index contributed by atoms with van der Waals surface area (Å²) in [5.41, 5.74) is 8.46. The first kappa shape index (κ1) is 14.6. The first-order valence-corrected chi connectivity index (χ1v) is 6.95. The van der Waals surface area contributed by atoms with Crippen LogP contribution < -0.4 is 16.4 Å². The SMILES string of the molecule is Nc1ncccc1NCc1cccc(NC(=O)c2cocn2)c1. The molecule has 0 aliphatic heterocycles. The predicted molar refractivity (Wildman–Crippen MR) is 86.9 cm³/mol. The Hall–Kier alpha value is -3.35. The van der Waals surface area contributed by atoms with Gasteiger partial charge in [0.05, 0.1) is 5.69 Å². The molecular weight excluding hydrogens is 294 g/mol. The molecule has 1 aromatic carbocycles. The molecule has 3 rings (SSSR count). The summed E-state index contributed by atoms with van der Waals surface area (Å²) in [6.07, 6.45) is 4.15. The zero-order valence-electron chi connectivity index (χ0n) is 12.2. The second kappa shape index (κ2) is 6.61. The number of oxazole rings is 1. The number of nitrogen functional groups attached to an aromatic ring is 1. The van der Waals surface area contributed by atoms with Gasteiger partial charge in [0, 0.05) is 18.4 Å². The highest BCUT2D eigenvalue weighted by molar-refractivity contribution is 6.02. The Morgan fingerprint density at radius 1 is 1.22 bits per heavy atom. The number of hydrogen-bond acceptors (Lipinski definition) is 6. The zero-order chi connectivity index (χ0) is 16.1. The van der Waals surface area contributed by atoms with E-state index in [0.717, 1.165) is 11.3 Å². The minimum absolute atomic E-state index is 0.233. The molecule has 116 valence electrons. The van der Waals surface area contributed by atoms with E-state index < -0.39 is 0 Å². The number of carbonyl (C=O) groups is 1. The van der Waals surface area contributed by atoms with Gasteiger partial charge < -0.3 is 20.8 Å². The van der Waals surface area contributed by atoms with E-state index in [2.05, 4.69) is 20.6 Å². The number of benzene rings is 1. The summed E-state index contributed by atoms with van der Waals surface area (Å²) in [5.74, 6) is 0.128. The van der Waals surface area contributed by atoms with E-state index in [9.17, 15) is 4.79 Å². The van der Waals surface area contributed by atoms with Gasteiger partial charge in [-0.05, 0) is 29.8 Å². The van der Waals surface area contributed by atoms with Crippen LogP contribution in [0.4, 0.5) is 17.2 Å². The first-order valence-electron chi connectivity index (χ1n) is 6.95. The quantitative estimate of drug-likeness (QED) is 0.668. The largest absolute Gasteiger partial charge is 0.451 e. The van der Waals surface area contributed by atoms with Gasteiger partial charge in [0.15, 0.2) is 12.1 Å². The lowest BCUT2D eigenvalue weighted by Gasteiger charge is -2.10. The van der Waals surface area contributed by atoms with Crippen molar-refractivity contribution in [2.45, 2.75) is 6.54 Å². The molecule has 1 amide bonds. The number of pyridine rings is 1. The van der Waals surface area contributed by atoms with Gasteiger partial charge in [-0.1, -0.05) is 12.1 Å². The monoisotopic (exact) mass is 309 g/mol. The van der Waals surface area contributed by atoms with E-state index in [4.69, 9.17) is 10.2 Å². The molecule has 0 bridgehead atoms. The molecule has 0 atom stereocenters. The second-order valence-electron chi connectivity index (χ2n) is 4.82. The van der Waals surface area contributed by atoms with Crippen molar-refractivity contribution >= 4 is 23.1 Å². The molecule has 0 aliphatic carbocycles. The number of nitrogens with two attached hydrogens (primary N) is 1. The molecule has 0 saturated carbocycles. The molecule has 7 nitrogen and oxygen atoms in total. The van der Waals surface area contributed by atoms with E-state index >= 15 is 0 Å². The predicted octanol–water partition coefficient (Wildman–Crippen LogP) is 2.52. The number of aromatic nitrogens is 2. The standard InChI is InChI=1S/C16H15N5O2/c17-15-13(5-2-6-18-15)19-8-11-3-1-4-12(7-11)21-16(22)14-9-23-10-20-14/h1-7,9-10,19H,8H2,(H2,17,18)(H,21,22). The zero-order valence-corrected chi connectivity index (χ0v) is 12.2. The van der Waals surface area contributed by atoms with Crippen LogP contribution in [0.3, 0.4) is 0 Å². The van der Waals surface area contributed by atoms with Crippen LogP contribution in [0.15, 0.2) is 59.7 Å². The third-order valence-electron chi connectivity index (χ3n) is 3.17.